The number of carboxylic acid groups (broad SMARTS) is 1. The first-order valence-corrected chi connectivity index (χ1v) is 8.89. The number of rotatable bonds is 6. The van der Waals surface area contributed by atoms with Gasteiger partial charge in [-0.1, -0.05) is 73.7 Å². The van der Waals surface area contributed by atoms with Crippen molar-refractivity contribution in [2.45, 2.75) is 32.7 Å². The normalized spacial score (nSPS) is 18.3. The van der Waals surface area contributed by atoms with Crippen LogP contribution < -0.4 is 0 Å². The number of carboxylic acids is 1. The summed E-state index contributed by atoms with van der Waals surface area (Å²) in [7, 11) is 0. The van der Waals surface area contributed by atoms with Crippen LogP contribution in [0.3, 0.4) is 0 Å². The summed E-state index contributed by atoms with van der Waals surface area (Å²) in [6.45, 7) is 3.79. The van der Waals surface area contributed by atoms with Crippen molar-refractivity contribution < 1.29 is 14.7 Å². The van der Waals surface area contributed by atoms with Crippen molar-refractivity contribution in [3.63, 3.8) is 0 Å². The Morgan fingerprint density at radius 2 is 2.04 bits per heavy atom. The summed E-state index contributed by atoms with van der Waals surface area (Å²) in [6, 6.07) is 8.89. The summed E-state index contributed by atoms with van der Waals surface area (Å²) in [6.07, 6.45) is 4.78. The molecule has 6 heteroatoms. The summed E-state index contributed by atoms with van der Waals surface area (Å²) < 4.78 is 0.305. The van der Waals surface area contributed by atoms with Gasteiger partial charge in [-0.3, -0.25) is 9.69 Å². The van der Waals surface area contributed by atoms with Gasteiger partial charge in [-0.25, -0.2) is 4.79 Å². The smallest absolute Gasteiger partial charge is 0.326 e. The second-order valence-electron chi connectivity index (χ2n) is 5.49. The molecule has 24 heavy (non-hydrogen) atoms. The van der Waals surface area contributed by atoms with Crippen LogP contribution in [0.5, 0.6) is 0 Å². The minimum absolute atomic E-state index is 0.305. The molecule has 0 aliphatic carbocycles. The van der Waals surface area contributed by atoms with E-state index in [2.05, 4.69) is 0 Å². The maximum atomic E-state index is 12.6. The second-order valence-corrected chi connectivity index (χ2v) is 7.17. The molecule has 1 aliphatic heterocycles. The van der Waals surface area contributed by atoms with Gasteiger partial charge in [0.05, 0.1) is 4.91 Å². The lowest BCUT2D eigenvalue weighted by molar-refractivity contribution is -0.145. The van der Waals surface area contributed by atoms with Crippen LogP contribution in [-0.4, -0.2) is 32.2 Å². The molecular formula is C18H19NO3S2. The van der Waals surface area contributed by atoms with E-state index < -0.39 is 12.0 Å². The number of hydrogen-bond acceptors (Lipinski definition) is 4. The minimum Gasteiger partial charge on any atom is -0.480 e. The average molecular weight is 361 g/mol. The zero-order chi connectivity index (χ0) is 17.7. The van der Waals surface area contributed by atoms with Crippen LogP contribution in [0.2, 0.25) is 0 Å². The summed E-state index contributed by atoms with van der Waals surface area (Å²) >= 11 is 6.39. The minimum atomic E-state index is -1.02. The van der Waals surface area contributed by atoms with E-state index in [-0.39, 0.29) is 5.91 Å². The summed E-state index contributed by atoms with van der Waals surface area (Å²) in [5, 5.41) is 9.37. The lowest BCUT2D eigenvalue weighted by atomic mass is 10.1. The van der Waals surface area contributed by atoms with E-state index in [1.165, 1.54) is 4.90 Å². The van der Waals surface area contributed by atoms with E-state index in [1.807, 2.05) is 50.3 Å². The molecule has 0 saturated carbocycles. The van der Waals surface area contributed by atoms with Crippen LogP contribution in [0.1, 0.15) is 32.3 Å². The lowest BCUT2D eigenvalue weighted by Gasteiger charge is -2.22. The van der Waals surface area contributed by atoms with Gasteiger partial charge in [0, 0.05) is 0 Å². The van der Waals surface area contributed by atoms with Crippen LogP contribution in [0.25, 0.3) is 6.08 Å². The molecule has 2 rings (SSSR count). The molecule has 0 unspecified atom stereocenters. The third-order valence-corrected chi connectivity index (χ3v) is 4.87. The van der Waals surface area contributed by atoms with Crippen LogP contribution in [-0.2, 0) is 9.59 Å². The number of carbonyl (C=O) groups is 2. The van der Waals surface area contributed by atoms with Crippen molar-refractivity contribution in [1.82, 2.24) is 4.90 Å². The fourth-order valence-corrected chi connectivity index (χ4v) is 3.85. The topological polar surface area (TPSA) is 57.6 Å². The van der Waals surface area contributed by atoms with E-state index in [0.717, 1.165) is 22.9 Å². The molecule has 1 saturated heterocycles. The van der Waals surface area contributed by atoms with E-state index in [9.17, 15) is 14.7 Å². The first-order valence-electron chi connectivity index (χ1n) is 7.67. The molecule has 126 valence electrons. The number of amides is 1. The van der Waals surface area contributed by atoms with Crippen molar-refractivity contribution in [3.05, 3.63) is 52.4 Å². The van der Waals surface area contributed by atoms with Gasteiger partial charge in [0.2, 0.25) is 0 Å². The zero-order valence-corrected chi connectivity index (χ0v) is 15.2. The van der Waals surface area contributed by atoms with Gasteiger partial charge in [0.1, 0.15) is 10.4 Å². The van der Waals surface area contributed by atoms with Gasteiger partial charge in [-0.2, -0.15) is 0 Å². The number of carbonyl (C=O) groups excluding carboxylic acids is 1. The maximum absolute atomic E-state index is 12.6. The highest BCUT2D eigenvalue weighted by Crippen LogP contribution is 2.34. The number of allylic oxidation sites excluding steroid dienone is 2. The van der Waals surface area contributed by atoms with Gasteiger partial charge >= 0.3 is 5.97 Å². The highest BCUT2D eigenvalue weighted by Gasteiger charge is 2.39. The van der Waals surface area contributed by atoms with Crippen molar-refractivity contribution in [1.29, 1.82) is 0 Å². The largest absolute Gasteiger partial charge is 0.480 e. The third-order valence-electron chi connectivity index (χ3n) is 3.54. The molecule has 1 amide bonds. The van der Waals surface area contributed by atoms with Crippen molar-refractivity contribution in [2.75, 3.05) is 0 Å². The fraction of sp³-hybridized carbons (Fsp3) is 0.278. The van der Waals surface area contributed by atoms with E-state index in [4.69, 9.17) is 12.2 Å². The lowest BCUT2D eigenvalue weighted by Crippen LogP contribution is -2.43. The molecule has 1 aromatic rings. The molecule has 1 N–H and O–H groups in total. The Kier molecular flexibility index (Phi) is 6.34. The number of benzene rings is 1. The molecule has 0 bridgehead atoms. The first-order chi connectivity index (χ1) is 11.4. The average Bonchev–Trinajstić information content (AvgIpc) is 2.80. The molecule has 0 spiro atoms. The van der Waals surface area contributed by atoms with Crippen molar-refractivity contribution in [2.24, 2.45) is 0 Å². The van der Waals surface area contributed by atoms with Crippen molar-refractivity contribution in [3.8, 4) is 0 Å². The molecule has 1 aliphatic rings. The maximum Gasteiger partial charge on any atom is 0.326 e. The predicted octanol–water partition coefficient (Wildman–Crippen LogP) is 4.09. The Hall–Kier alpha value is -1.92. The Morgan fingerprint density at radius 3 is 2.62 bits per heavy atom. The highest BCUT2D eigenvalue weighted by atomic mass is 32.2. The molecule has 1 atom stereocenters. The first kappa shape index (κ1) is 18.4. The third kappa shape index (κ3) is 4.33. The second kappa shape index (κ2) is 8.26. The number of thiocarbonyl (C=S) groups is 1. The highest BCUT2D eigenvalue weighted by molar-refractivity contribution is 8.26. The van der Waals surface area contributed by atoms with Gasteiger partial charge in [-0.05, 0) is 30.6 Å². The van der Waals surface area contributed by atoms with E-state index >= 15 is 0 Å². The molecule has 1 aromatic carbocycles. The van der Waals surface area contributed by atoms with Gasteiger partial charge in [0.25, 0.3) is 5.91 Å². The SMILES string of the molecule is CCC[C@@H](C(=O)O)N1C(=O)/C(=C/C(C)=C/c2ccccc2)SC1=S. The number of hydrogen-bond donors (Lipinski definition) is 1. The molecule has 1 fully saturated rings. The summed E-state index contributed by atoms with van der Waals surface area (Å²) in [5.41, 5.74) is 1.94. The standard InChI is InChI=1S/C18H19NO3S2/c1-3-7-14(17(21)22)19-16(20)15(24-18(19)23)11-12(2)10-13-8-5-4-6-9-13/h4-6,8-11,14H,3,7H2,1-2H3,(H,21,22)/b12-10+,15-11-/t14-/m0/s1. The van der Waals surface area contributed by atoms with Crippen LogP contribution in [0.4, 0.5) is 0 Å². The monoisotopic (exact) mass is 361 g/mol. The van der Waals surface area contributed by atoms with Gasteiger partial charge in [0.15, 0.2) is 0 Å². The van der Waals surface area contributed by atoms with Crippen LogP contribution >= 0.6 is 24.0 Å². The van der Waals surface area contributed by atoms with Crippen molar-refractivity contribution >= 4 is 46.3 Å². The number of nitrogens with zero attached hydrogens (tertiary/aromatic N) is 1. The Balaban J connectivity index is 2.24. The van der Waals surface area contributed by atoms with E-state index in [1.54, 1.807) is 6.08 Å². The molecule has 0 radical (unpaired) electrons. The number of aliphatic carboxylic acids is 1. The summed E-state index contributed by atoms with van der Waals surface area (Å²) in [5.74, 6) is -1.35. The summed E-state index contributed by atoms with van der Waals surface area (Å²) in [4.78, 5) is 25.7. The molecule has 4 nitrogen and oxygen atoms in total. The number of thioether (sulfide) groups is 1. The molecule has 0 aromatic heterocycles. The van der Waals surface area contributed by atoms with Crippen LogP contribution in [0, 0.1) is 0 Å². The molecular weight excluding hydrogens is 342 g/mol. The van der Waals surface area contributed by atoms with Gasteiger partial charge < -0.3 is 5.11 Å². The zero-order valence-electron chi connectivity index (χ0n) is 13.6. The van der Waals surface area contributed by atoms with Gasteiger partial charge in [-0.15, -0.1) is 0 Å². The quantitative estimate of drug-likeness (QED) is 0.611. The Labute approximate surface area is 151 Å². The Morgan fingerprint density at radius 1 is 1.38 bits per heavy atom. The van der Waals surface area contributed by atoms with Crippen LogP contribution in [0.15, 0.2) is 46.9 Å². The Bertz CT molecular complexity index is 710. The fourth-order valence-electron chi connectivity index (χ4n) is 2.45. The predicted molar refractivity (Wildman–Crippen MR) is 102 cm³/mol. The molecule has 1 heterocycles. The van der Waals surface area contributed by atoms with E-state index in [0.29, 0.717) is 22.1 Å².